The average Bonchev–Trinajstić information content (AvgIpc) is 2.84. The van der Waals surface area contributed by atoms with Crippen LogP contribution >= 0.6 is 0 Å². The summed E-state index contributed by atoms with van der Waals surface area (Å²) in [6.45, 7) is 1.18. The number of aromatic nitrogens is 3. The normalized spacial score (nSPS) is 10.2. The molecular weight excluding hydrogens is 228 g/mol. The van der Waals surface area contributed by atoms with Crippen LogP contribution in [-0.4, -0.2) is 21.8 Å². The molecule has 0 aliphatic rings. The predicted molar refractivity (Wildman–Crippen MR) is 65.5 cm³/mol. The molecular formula is C13H14N4O. The molecule has 0 radical (unpaired) electrons. The van der Waals surface area contributed by atoms with Gasteiger partial charge in [0.25, 0.3) is 0 Å². The highest BCUT2D eigenvalue weighted by atomic mass is 16.5. The molecule has 1 aromatic carbocycles. The van der Waals surface area contributed by atoms with Gasteiger partial charge in [-0.1, -0.05) is 30.3 Å². The quantitative estimate of drug-likeness (QED) is 0.781. The van der Waals surface area contributed by atoms with Gasteiger partial charge in [-0.2, -0.15) is 10.4 Å². The van der Waals surface area contributed by atoms with Crippen molar-refractivity contribution >= 4 is 0 Å². The van der Waals surface area contributed by atoms with E-state index in [1.807, 2.05) is 36.4 Å². The highest BCUT2D eigenvalue weighted by Crippen LogP contribution is 2.01. The molecule has 0 saturated carbocycles. The van der Waals surface area contributed by atoms with Gasteiger partial charge in [-0.25, -0.2) is 4.98 Å². The fourth-order valence-corrected chi connectivity index (χ4v) is 1.53. The number of rotatable bonds is 6. The van der Waals surface area contributed by atoms with Crippen molar-refractivity contribution in [3.05, 3.63) is 47.5 Å². The van der Waals surface area contributed by atoms with Crippen LogP contribution in [0.5, 0.6) is 0 Å². The maximum Gasteiger partial charge on any atom is 0.164 e. The van der Waals surface area contributed by atoms with Crippen molar-refractivity contribution in [3.63, 3.8) is 0 Å². The molecule has 1 N–H and O–H groups in total. The lowest BCUT2D eigenvalue weighted by Gasteiger charge is -2.02. The number of nitriles is 1. The Morgan fingerprint density at radius 3 is 2.89 bits per heavy atom. The Hall–Kier alpha value is -2.19. The minimum Gasteiger partial charge on any atom is -0.376 e. The molecule has 0 aliphatic carbocycles. The maximum absolute atomic E-state index is 8.50. The SMILES string of the molecule is N#CCc1n[nH]c(CCOCc2ccccc2)n1. The van der Waals surface area contributed by atoms with Gasteiger partial charge < -0.3 is 4.74 Å². The zero-order valence-corrected chi connectivity index (χ0v) is 9.97. The minimum absolute atomic E-state index is 0.237. The molecule has 5 nitrogen and oxygen atoms in total. The summed E-state index contributed by atoms with van der Waals surface area (Å²) in [5, 5.41) is 15.2. The van der Waals surface area contributed by atoms with E-state index >= 15 is 0 Å². The lowest BCUT2D eigenvalue weighted by molar-refractivity contribution is 0.122. The van der Waals surface area contributed by atoms with Gasteiger partial charge >= 0.3 is 0 Å². The standard InChI is InChI=1S/C13H14N4O/c14-8-6-12-15-13(17-16-12)7-9-18-10-11-4-2-1-3-5-11/h1-5H,6-7,9-10H2,(H,15,16,17). The highest BCUT2D eigenvalue weighted by Gasteiger charge is 2.02. The molecule has 0 aliphatic heterocycles. The van der Waals surface area contributed by atoms with E-state index < -0.39 is 0 Å². The summed E-state index contributed by atoms with van der Waals surface area (Å²) < 4.78 is 5.54. The first kappa shape index (κ1) is 12.3. The van der Waals surface area contributed by atoms with E-state index in [0.29, 0.717) is 25.5 Å². The fraction of sp³-hybridized carbons (Fsp3) is 0.308. The molecule has 0 fully saturated rings. The number of hydrogen-bond donors (Lipinski definition) is 1. The average molecular weight is 242 g/mol. The predicted octanol–water partition coefficient (Wildman–Crippen LogP) is 1.63. The second-order valence-electron chi connectivity index (χ2n) is 3.82. The summed E-state index contributed by atoms with van der Waals surface area (Å²) >= 11 is 0. The van der Waals surface area contributed by atoms with Crippen molar-refractivity contribution in [3.8, 4) is 6.07 Å². The van der Waals surface area contributed by atoms with E-state index in [-0.39, 0.29) is 6.42 Å². The van der Waals surface area contributed by atoms with Gasteiger partial charge in [0, 0.05) is 6.42 Å². The summed E-state index contributed by atoms with van der Waals surface area (Å²) in [7, 11) is 0. The molecule has 5 heteroatoms. The number of H-pyrrole nitrogens is 1. The van der Waals surface area contributed by atoms with Gasteiger partial charge in [-0.05, 0) is 5.56 Å². The summed E-state index contributed by atoms with van der Waals surface area (Å²) in [6.07, 6.45) is 0.909. The molecule has 92 valence electrons. The third-order valence-corrected chi connectivity index (χ3v) is 2.41. The van der Waals surface area contributed by atoms with Crippen LogP contribution in [0, 0.1) is 11.3 Å². The van der Waals surface area contributed by atoms with Crippen molar-refractivity contribution in [2.24, 2.45) is 0 Å². The number of ether oxygens (including phenoxy) is 1. The van der Waals surface area contributed by atoms with Gasteiger partial charge in [0.15, 0.2) is 5.82 Å². The van der Waals surface area contributed by atoms with Gasteiger partial charge in [-0.3, -0.25) is 5.10 Å². The van der Waals surface area contributed by atoms with Crippen molar-refractivity contribution in [1.29, 1.82) is 5.26 Å². The Labute approximate surface area is 105 Å². The van der Waals surface area contributed by atoms with E-state index in [9.17, 15) is 0 Å². The fourth-order valence-electron chi connectivity index (χ4n) is 1.53. The van der Waals surface area contributed by atoms with Crippen LogP contribution in [0.1, 0.15) is 17.2 Å². The molecule has 18 heavy (non-hydrogen) atoms. The molecule has 0 amide bonds. The largest absolute Gasteiger partial charge is 0.376 e. The number of nitrogens with zero attached hydrogens (tertiary/aromatic N) is 3. The van der Waals surface area contributed by atoms with Crippen LogP contribution in [0.2, 0.25) is 0 Å². The minimum atomic E-state index is 0.237. The molecule has 0 saturated heterocycles. The van der Waals surface area contributed by atoms with E-state index in [2.05, 4.69) is 15.2 Å². The Morgan fingerprint density at radius 1 is 1.28 bits per heavy atom. The molecule has 2 aromatic rings. The third-order valence-electron chi connectivity index (χ3n) is 2.41. The van der Waals surface area contributed by atoms with Crippen LogP contribution in [0.15, 0.2) is 30.3 Å². The topological polar surface area (TPSA) is 74.6 Å². The van der Waals surface area contributed by atoms with Crippen LogP contribution in [-0.2, 0) is 24.2 Å². The maximum atomic E-state index is 8.50. The second-order valence-corrected chi connectivity index (χ2v) is 3.82. The Morgan fingerprint density at radius 2 is 2.11 bits per heavy atom. The van der Waals surface area contributed by atoms with E-state index in [1.54, 1.807) is 0 Å². The monoisotopic (exact) mass is 242 g/mol. The van der Waals surface area contributed by atoms with Crippen LogP contribution in [0.4, 0.5) is 0 Å². The highest BCUT2D eigenvalue weighted by molar-refractivity contribution is 5.13. The summed E-state index contributed by atoms with van der Waals surface area (Å²) in [5.74, 6) is 1.30. The number of nitrogens with one attached hydrogen (secondary N) is 1. The zero-order chi connectivity index (χ0) is 12.6. The Balaban J connectivity index is 1.70. The first-order valence-corrected chi connectivity index (χ1v) is 5.77. The first-order valence-electron chi connectivity index (χ1n) is 5.77. The van der Waals surface area contributed by atoms with Crippen molar-refractivity contribution in [2.45, 2.75) is 19.4 Å². The van der Waals surface area contributed by atoms with Crippen molar-refractivity contribution in [2.75, 3.05) is 6.61 Å². The number of hydrogen-bond acceptors (Lipinski definition) is 4. The van der Waals surface area contributed by atoms with Crippen LogP contribution < -0.4 is 0 Å². The number of benzene rings is 1. The smallest absolute Gasteiger partial charge is 0.164 e. The second kappa shape index (κ2) is 6.52. The molecule has 1 aromatic heterocycles. The molecule has 0 atom stereocenters. The van der Waals surface area contributed by atoms with Crippen molar-refractivity contribution in [1.82, 2.24) is 15.2 Å². The van der Waals surface area contributed by atoms with Gasteiger partial charge in [-0.15, -0.1) is 0 Å². The molecule has 0 bridgehead atoms. The summed E-state index contributed by atoms with van der Waals surface area (Å²) in [5.41, 5.74) is 1.15. The first-order chi connectivity index (χ1) is 8.88. The summed E-state index contributed by atoms with van der Waals surface area (Å²) in [6, 6.07) is 12.0. The zero-order valence-electron chi connectivity index (χ0n) is 9.97. The van der Waals surface area contributed by atoms with Gasteiger partial charge in [0.1, 0.15) is 5.82 Å². The van der Waals surface area contributed by atoms with Gasteiger partial charge in [0.2, 0.25) is 0 Å². The third kappa shape index (κ3) is 3.68. The van der Waals surface area contributed by atoms with Crippen LogP contribution in [0.25, 0.3) is 0 Å². The van der Waals surface area contributed by atoms with E-state index in [0.717, 1.165) is 11.4 Å². The lowest BCUT2D eigenvalue weighted by atomic mass is 10.2. The van der Waals surface area contributed by atoms with Crippen molar-refractivity contribution < 1.29 is 4.74 Å². The van der Waals surface area contributed by atoms with Crippen LogP contribution in [0.3, 0.4) is 0 Å². The van der Waals surface area contributed by atoms with E-state index in [4.69, 9.17) is 10.00 Å². The summed E-state index contributed by atoms with van der Waals surface area (Å²) in [4.78, 5) is 4.18. The molecule has 1 heterocycles. The number of aromatic amines is 1. The van der Waals surface area contributed by atoms with Gasteiger partial charge in [0.05, 0.1) is 25.7 Å². The Kier molecular flexibility index (Phi) is 4.45. The molecule has 2 rings (SSSR count). The molecule has 0 unspecified atom stereocenters. The lowest BCUT2D eigenvalue weighted by Crippen LogP contribution is -2.00. The van der Waals surface area contributed by atoms with E-state index in [1.165, 1.54) is 0 Å². The Bertz CT molecular complexity index is 515. The molecule has 0 spiro atoms.